The standard InChI is InChI=1S/C28H33N3O4/c1-6-22(18-31-21(4)9-7-11-26(31)32)17-30(5)28(34)25(16-24-10-8-14-35-24)29-27(33)23-13-12-19(2)20(3)15-23/h7-16,22H,6,17-18H2,1-5H3,(H,29,33)/b25-16-. The molecule has 7 nitrogen and oxygen atoms in total. The smallest absolute Gasteiger partial charge is 0.270 e. The molecule has 0 saturated heterocycles. The van der Waals surface area contributed by atoms with E-state index in [4.69, 9.17) is 4.42 Å². The minimum Gasteiger partial charge on any atom is -0.465 e. The first-order valence-electron chi connectivity index (χ1n) is 11.7. The number of carbonyl (C=O) groups is 2. The second-order valence-electron chi connectivity index (χ2n) is 8.90. The van der Waals surface area contributed by atoms with Crippen LogP contribution < -0.4 is 10.9 Å². The molecular formula is C28H33N3O4. The van der Waals surface area contributed by atoms with Crippen molar-refractivity contribution in [1.82, 2.24) is 14.8 Å². The van der Waals surface area contributed by atoms with Gasteiger partial charge in [0.05, 0.1) is 6.26 Å². The zero-order chi connectivity index (χ0) is 25.5. The molecule has 0 aliphatic carbocycles. The summed E-state index contributed by atoms with van der Waals surface area (Å²) in [6, 6.07) is 14.0. The number of furan rings is 1. The number of aryl methyl sites for hydroxylation is 3. The van der Waals surface area contributed by atoms with Crippen LogP contribution in [0.2, 0.25) is 0 Å². The van der Waals surface area contributed by atoms with E-state index >= 15 is 0 Å². The van der Waals surface area contributed by atoms with Crippen molar-refractivity contribution in [2.45, 2.75) is 40.7 Å². The number of hydrogen-bond acceptors (Lipinski definition) is 4. The van der Waals surface area contributed by atoms with Crippen molar-refractivity contribution in [3.05, 3.63) is 99.0 Å². The molecule has 7 heteroatoms. The van der Waals surface area contributed by atoms with Crippen molar-refractivity contribution >= 4 is 17.9 Å². The van der Waals surface area contributed by atoms with Gasteiger partial charge in [-0.1, -0.05) is 19.1 Å². The summed E-state index contributed by atoms with van der Waals surface area (Å²) in [5.74, 6) is -0.191. The van der Waals surface area contributed by atoms with Crippen molar-refractivity contribution in [1.29, 1.82) is 0 Å². The molecule has 1 atom stereocenters. The van der Waals surface area contributed by atoms with Crippen LogP contribution in [0.3, 0.4) is 0 Å². The van der Waals surface area contributed by atoms with Gasteiger partial charge in [-0.15, -0.1) is 0 Å². The second kappa shape index (κ2) is 11.5. The monoisotopic (exact) mass is 475 g/mol. The van der Waals surface area contributed by atoms with Crippen molar-refractivity contribution in [2.24, 2.45) is 5.92 Å². The first-order chi connectivity index (χ1) is 16.7. The van der Waals surface area contributed by atoms with Gasteiger partial charge in [-0.25, -0.2) is 0 Å². The minimum atomic E-state index is -0.369. The van der Waals surface area contributed by atoms with Gasteiger partial charge in [-0.3, -0.25) is 14.4 Å². The van der Waals surface area contributed by atoms with E-state index in [9.17, 15) is 14.4 Å². The lowest BCUT2D eigenvalue weighted by atomic mass is 10.0. The van der Waals surface area contributed by atoms with Crippen LogP contribution in [0.4, 0.5) is 0 Å². The average molecular weight is 476 g/mol. The average Bonchev–Trinajstić information content (AvgIpc) is 3.34. The Labute approximate surface area is 206 Å². The molecule has 0 aliphatic heterocycles. The maximum absolute atomic E-state index is 13.4. The zero-order valence-corrected chi connectivity index (χ0v) is 21.0. The van der Waals surface area contributed by atoms with Crippen LogP contribution >= 0.6 is 0 Å². The van der Waals surface area contributed by atoms with Crippen molar-refractivity contribution < 1.29 is 14.0 Å². The third-order valence-electron chi connectivity index (χ3n) is 6.24. The van der Waals surface area contributed by atoms with E-state index < -0.39 is 0 Å². The van der Waals surface area contributed by atoms with Crippen molar-refractivity contribution in [2.75, 3.05) is 13.6 Å². The Balaban J connectivity index is 1.80. The molecule has 0 radical (unpaired) electrons. The number of aromatic nitrogens is 1. The Kier molecular flexibility index (Phi) is 8.47. The molecule has 0 spiro atoms. The van der Waals surface area contributed by atoms with E-state index in [1.54, 1.807) is 52.9 Å². The molecule has 0 aliphatic rings. The lowest BCUT2D eigenvalue weighted by Crippen LogP contribution is -2.39. The molecule has 1 aromatic carbocycles. The van der Waals surface area contributed by atoms with Gasteiger partial charge in [0.1, 0.15) is 11.5 Å². The van der Waals surface area contributed by atoms with Gasteiger partial charge in [-0.2, -0.15) is 0 Å². The van der Waals surface area contributed by atoms with E-state index in [1.165, 1.54) is 12.3 Å². The van der Waals surface area contributed by atoms with Gasteiger partial charge in [-0.05, 0) is 74.6 Å². The largest absolute Gasteiger partial charge is 0.465 e. The van der Waals surface area contributed by atoms with Crippen LogP contribution in [-0.2, 0) is 11.3 Å². The molecule has 2 aromatic heterocycles. The van der Waals surface area contributed by atoms with E-state index in [0.29, 0.717) is 24.4 Å². The molecule has 184 valence electrons. The highest BCUT2D eigenvalue weighted by Crippen LogP contribution is 2.15. The maximum Gasteiger partial charge on any atom is 0.270 e. The zero-order valence-electron chi connectivity index (χ0n) is 21.0. The molecule has 0 bridgehead atoms. The number of amides is 2. The van der Waals surface area contributed by atoms with Crippen LogP contribution in [0.1, 0.15) is 46.3 Å². The van der Waals surface area contributed by atoms with E-state index in [-0.39, 0.29) is 29.0 Å². The van der Waals surface area contributed by atoms with Crippen molar-refractivity contribution in [3.8, 4) is 0 Å². The molecule has 1 N–H and O–H groups in total. The van der Waals surface area contributed by atoms with E-state index in [0.717, 1.165) is 23.2 Å². The molecule has 3 aromatic rings. The molecule has 2 heterocycles. The topological polar surface area (TPSA) is 84.6 Å². The lowest BCUT2D eigenvalue weighted by molar-refractivity contribution is -0.126. The summed E-state index contributed by atoms with van der Waals surface area (Å²) in [6.07, 6.45) is 3.82. The van der Waals surface area contributed by atoms with Crippen LogP contribution in [0.25, 0.3) is 6.08 Å². The minimum absolute atomic E-state index is 0.0584. The number of nitrogens with one attached hydrogen (secondary N) is 1. The highest BCUT2D eigenvalue weighted by Gasteiger charge is 2.22. The number of likely N-dealkylation sites (N-methyl/N-ethyl adjacent to an activating group) is 1. The highest BCUT2D eigenvalue weighted by molar-refractivity contribution is 6.05. The maximum atomic E-state index is 13.4. The fourth-order valence-electron chi connectivity index (χ4n) is 3.85. The van der Waals surface area contributed by atoms with Crippen LogP contribution in [-0.4, -0.2) is 34.9 Å². The summed E-state index contributed by atoms with van der Waals surface area (Å²) in [5.41, 5.74) is 3.49. The highest BCUT2D eigenvalue weighted by atomic mass is 16.3. The SMILES string of the molecule is CCC(CN(C)C(=O)/C(=C/c1ccco1)NC(=O)c1ccc(C)c(C)c1)Cn1c(C)cccc1=O. The van der Waals surface area contributed by atoms with E-state index in [2.05, 4.69) is 5.32 Å². The molecule has 0 fully saturated rings. The predicted octanol–water partition coefficient (Wildman–Crippen LogP) is 4.32. The summed E-state index contributed by atoms with van der Waals surface area (Å²) in [5, 5.41) is 2.77. The quantitative estimate of drug-likeness (QED) is 0.467. The first kappa shape index (κ1) is 25.7. The van der Waals surface area contributed by atoms with Gasteiger partial charge in [0.2, 0.25) is 0 Å². The molecule has 1 unspecified atom stereocenters. The van der Waals surface area contributed by atoms with Crippen molar-refractivity contribution in [3.63, 3.8) is 0 Å². The number of carbonyl (C=O) groups excluding carboxylic acids is 2. The Morgan fingerprint density at radius 1 is 1.09 bits per heavy atom. The summed E-state index contributed by atoms with van der Waals surface area (Å²) in [6.45, 7) is 8.78. The third-order valence-corrected chi connectivity index (χ3v) is 6.24. The van der Waals surface area contributed by atoms with Crippen LogP contribution in [0.5, 0.6) is 0 Å². The number of pyridine rings is 1. The second-order valence-corrected chi connectivity index (χ2v) is 8.90. The number of rotatable bonds is 9. The summed E-state index contributed by atoms with van der Waals surface area (Å²) >= 11 is 0. The van der Waals surface area contributed by atoms with Crippen LogP contribution in [0.15, 0.2) is 69.7 Å². The summed E-state index contributed by atoms with van der Waals surface area (Å²) in [4.78, 5) is 40.3. The van der Waals surface area contributed by atoms with Gasteiger partial charge in [0.25, 0.3) is 17.4 Å². The number of hydrogen-bond donors (Lipinski definition) is 1. The Bertz CT molecular complexity index is 1270. The first-order valence-corrected chi connectivity index (χ1v) is 11.7. The summed E-state index contributed by atoms with van der Waals surface area (Å²) < 4.78 is 7.12. The molecule has 2 amide bonds. The van der Waals surface area contributed by atoms with Gasteiger partial charge >= 0.3 is 0 Å². The normalized spacial score (nSPS) is 12.3. The Morgan fingerprint density at radius 3 is 2.49 bits per heavy atom. The predicted molar refractivity (Wildman–Crippen MR) is 137 cm³/mol. The van der Waals surface area contributed by atoms with Gasteiger partial charge < -0.3 is 19.2 Å². The fourth-order valence-corrected chi connectivity index (χ4v) is 3.85. The van der Waals surface area contributed by atoms with E-state index in [1.807, 2.05) is 39.8 Å². The number of benzene rings is 1. The third kappa shape index (κ3) is 6.59. The number of nitrogens with zero attached hydrogens (tertiary/aromatic N) is 2. The summed E-state index contributed by atoms with van der Waals surface area (Å²) in [7, 11) is 1.70. The molecule has 35 heavy (non-hydrogen) atoms. The molecule has 3 rings (SSSR count). The molecular weight excluding hydrogens is 442 g/mol. The van der Waals surface area contributed by atoms with Crippen LogP contribution in [0, 0.1) is 26.7 Å². The fraction of sp³-hybridized carbons (Fsp3) is 0.321. The van der Waals surface area contributed by atoms with Gasteiger partial charge in [0, 0.05) is 43.5 Å². The Hall–Kier alpha value is -3.87. The lowest BCUT2D eigenvalue weighted by Gasteiger charge is -2.25. The Morgan fingerprint density at radius 2 is 1.86 bits per heavy atom. The molecule has 0 saturated carbocycles. The van der Waals surface area contributed by atoms with Gasteiger partial charge in [0.15, 0.2) is 0 Å².